The molecule has 0 fully saturated rings. The first-order chi connectivity index (χ1) is 11.9. The van der Waals surface area contributed by atoms with E-state index in [0.717, 1.165) is 48.0 Å². The Kier molecular flexibility index (Phi) is 13.6. The molecule has 4 nitrogen and oxygen atoms in total. The van der Waals surface area contributed by atoms with Gasteiger partial charge in [0.1, 0.15) is 8.64 Å². The van der Waals surface area contributed by atoms with Crippen molar-refractivity contribution in [2.45, 2.75) is 53.1 Å². The van der Waals surface area contributed by atoms with E-state index in [1.807, 2.05) is 0 Å². The van der Waals surface area contributed by atoms with Crippen LogP contribution in [-0.2, 0) is 8.85 Å². The van der Waals surface area contributed by atoms with Crippen LogP contribution in [-0.4, -0.2) is 74.5 Å². The van der Waals surface area contributed by atoms with Gasteiger partial charge in [-0.2, -0.15) is 0 Å². The van der Waals surface area contributed by atoms with E-state index in [4.69, 9.17) is 33.3 Å². The Labute approximate surface area is 181 Å². The van der Waals surface area contributed by atoms with E-state index in [2.05, 4.69) is 62.9 Å². The van der Waals surface area contributed by atoms with Gasteiger partial charge in [-0.25, -0.2) is 0 Å². The topological polar surface area (TPSA) is 24.9 Å². The molecule has 0 aromatic rings. The maximum atomic E-state index is 5.94. The Bertz CT molecular complexity index is 403. The maximum Gasteiger partial charge on any atom is 0.183 e. The van der Waals surface area contributed by atoms with Crippen molar-refractivity contribution in [2.75, 3.05) is 39.4 Å². The van der Waals surface area contributed by atoms with Crippen LogP contribution in [0.3, 0.4) is 0 Å². The molecule has 0 aliphatic carbocycles. The predicted octanol–water partition coefficient (Wildman–Crippen LogP) is 5.28. The normalized spacial score (nSPS) is 12.2. The zero-order chi connectivity index (χ0) is 20.4. The van der Waals surface area contributed by atoms with Crippen LogP contribution in [0, 0.1) is 0 Å². The van der Waals surface area contributed by atoms with E-state index in [0.29, 0.717) is 0 Å². The quantitative estimate of drug-likeness (QED) is 0.240. The lowest BCUT2D eigenvalue weighted by Crippen LogP contribution is -2.35. The molecule has 0 aliphatic heterocycles. The van der Waals surface area contributed by atoms with Gasteiger partial charge in [0.15, 0.2) is 16.6 Å². The van der Waals surface area contributed by atoms with Gasteiger partial charge >= 0.3 is 0 Å². The van der Waals surface area contributed by atoms with Crippen molar-refractivity contribution in [3.8, 4) is 0 Å². The molecule has 0 atom stereocenters. The van der Waals surface area contributed by atoms with E-state index in [1.165, 1.54) is 0 Å². The zero-order valence-corrected chi connectivity index (χ0v) is 22.9. The van der Waals surface area contributed by atoms with Crippen LogP contribution in [0.5, 0.6) is 0 Å². The SMILES string of the molecule is CCN(CCO[Si](C)(C)C)C(=S)SSC(=S)N(CC)CCO[Si](C)(C)C. The summed E-state index contributed by atoms with van der Waals surface area (Å²) in [4.78, 5) is 4.36. The summed E-state index contributed by atoms with van der Waals surface area (Å²) in [6.07, 6.45) is 0. The summed E-state index contributed by atoms with van der Waals surface area (Å²) in [7, 11) is 0.200. The number of hydrogen-bond donors (Lipinski definition) is 0. The maximum absolute atomic E-state index is 5.94. The summed E-state index contributed by atoms with van der Waals surface area (Å²) < 4.78 is 13.6. The van der Waals surface area contributed by atoms with Crippen LogP contribution in [0.25, 0.3) is 0 Å². The molecule has 0 saturated heterocycles. The molecule has 0 aliphatic rings. The summed E-state index contributed by atoms with van der Waals surface area (Å²) in [5.41, 5.74) is 0. The van der Waals surface area contributed by atoms with Crippen LogP contribution in [0.2, 0.25) is 39.3 Å². The minimum atomic E-state index is -1.47. The summed E-state index contributed by atoms with van der Waals surface area (Å²) in [5, 5.41) is 0. The smallest absolute Gasteiger partial charge is 0.183 e. The molecule has 0 spiro atoms. The average molecular weight is 473 g/mol. The Hall–Kier alpha value is 0.834. The van der Waals surface area contributed by atoms with Gasteiger partial charge < -0.3 is 18.7 Å². The van der Waals surface area contributed by atoms with E-state index in [-0.39, 0.29) is 0 Å². The highest BCUT2D eigenvalue weighted by Gasteiger charge is 2.18. The van der Waals surface area contributed by atoms with Crippen molar-refractivity contribution >= 4 is 71.3 Å². The number of nitrogens with zero attached hydrogens (tertiary/aromatic N) is 2. The monoisotopic (exact) mass is 472 g/mol. The molecule has 0 aromatic carbocycles. The molecule has 0 radical (unpaired) electrons. The Morgan fingerprint density at radius 1 is 0.731 bits per heavy atom. The molecule has 0 unspecified atom stereocenters. The van der Waals surface area contributed by atoms with Crippen LogP contribution >= 0.6 is 46.0 Å². The first kappa shape index (κ1) is 26.8. The van der Waals surface area contributed by atoms with Crippen LogP contribution in [0.15, 0.2) is 0 Å². The fraction of sp³-hybridized carbons (Fsp3) is 0.875. The first-order valence-electron chi connectivity index (χ1n) is 9.10. The molecule has 0 amide bonds. The molecule has 10 heteroatoms. The molecule has 0 rings (SSSR count). The van der Waals surface area contributed by atoms with Gasteiger partial charge in [0.25, 0.3) is 0 Å². The van der Waals surface area contributed by atoms with Crippen molar-refractivity contribution in [1.29, 1.82) is 0 Å². The second-order valence-corrected chi connectivity index (χ2v) is 20.2. The fourth-order valence-electron chi connectivity index (χ4n) is 1.86. The number of rotatable bonds is 10. The van der Waals surface area contributed by atoms with Gasteiger partial charge in [0.05, 0.1) is 13.2 Å². The lowest BCUT2D eigenvalue weighted by molar-refractivity contribution is 0.270. The summed E-state index contributed by atoms with van der Waals surface area (Å²) in [5.74, 6) is 0. The van der Waals surface area contributed by atoms with Gasteiger partial charge in [-0.1, -0.05) is 24.4 Å². The summed E-state index contributed by atoms with van der Waals surface area (Å²) >= 11 is 11.2. The van der Waals surface area contributed by atoms with Gasteiger partial charge in [-0.3, -0.25) is 0 Å². The third-order valence-corrected chi connectivity index (χ3v) is 9.13. The molecule has 26 heavy (non-hydrogen) atoms. The highest BCUT2D eigenvalue weighted by Crippen LogP contribution is 2.28. The van der Waals surface area contributed by atoms with Crippen LogP contribution in [0.4, 0.5) is 0 Å². The number of hydrogen-bond acceptors (Lipinski definition) is 6. The molecular weight excluding hydrogens is 437 g/mol. The molecule has 0 heterocycles. The number of thiocarbonyl (C=S) groups is 2. The molecular formula is C16H36N2O2S4Si2. The van der Waals surface area contributed by atoms with Gasteiger partial charge in [-0.05, 0) is 74.7 Å². The van der Waals surface area contributed by atoms with Crippen molar-refractivity contribution in [3.05, 3.63) is 0 Å². The number of likely N-dealkylation sites (N-methyl/N-ethyl adjacent to an activating group) is 2. The van der Waals surface area contributed by atoms with E-state index in [1.54, 1.807) is 21.6 Å². The van der Waals surface area contributed by atoms with Crippen LogP contribution < -0.4 is 0 Å². The van der Waals surface area contributed by atoms with Crippen molar-refractivity contribution in [1.82, 2.24) is 9.80 Å². The lowest BCUT2D eigenvalue weighted by Gasteiger charge is -2.27. The van der Waals surface area contributed by atoms with Crippen molar-refractivity contribution < 1.29 is 8.85 Å². The summed E-state index contributed by atoms with van der Waals surface area (Å²) in [6.45, 7) is 22.4. The Balaban J connectivity index is 4.31. The van der Waals surface area contributed by atoms with Crippen molar-refractivity contribution in [2.24, 2.45) is 0 Å². The molecule has 154 valence electrons. The van der Waals surface area contributed by atoms with E-state index in [9.17, 15) is 0 Å². The summed E-state index contributed by atoms with van der Waals surface area (Å²) in [6, 6.07) is 0. The predicted molar refractivity (Wildman–Crippen MR) is 133 cm³/mol. The molecule has 0 saturated carbocycles. The van der Waals surface area contributed by atoms with E-state index >= 15 is 0 Å². The molecule has 0 aromatic heterocycles. The standard InChI is InChI=1S/C16H36N2O2S4Si2/c1-9-17(11-13-19-25(3,4)5)15(21)23-24-16(22)18(10-2)12-14-20-26(6,7)8/h9-14H2,1-8H3. The van der Waals surface area contributed by atoms with E-state index < -0.39 is 16.6 Å². The third-order valence-electron chi connectivity index (χ3n) is 3.26. The Morgan fingerprint density at radius 2 is 1.04 bits per heavy atom. The largest absolute Gasteiger partial charge is 0.416 e. The lowest BCUT2D eigenvalue weighted by atomic mass is 10.5. The van der Waals surface area contributed by atoms with Gasteiger partial charge in [-0.15, -0.1) is 0 Å². The average Bonchev–Trinajstić information content (AvgIpc) is 2.51. The Morgan fingerprint density at radius 3 is 1.27 bits per heavy atom. The van der Waals surface area contributed by atoms with Gasteiger partial charge in [0, 0.05) is 26.2 Å². The minimum absolute atomic E-state index is 0.731. The first-order valence-corrected chi connectivity index (χ1v) is 18.9. The van der Waals surface area contributed by atoms with Crippen molar-refractivity contribution in [3.63, 3.8) is 0 Å². The highest BCUT2D eigenvalue weighted by atomic mass is 33.1. The molecule has 0 N–H and O–H groups in total. The third kappa shape index (κ3) is 13.9. The second-order valence-electron chi connectivity index (χ2n) is 7.78. The fourth-order valence-corrected chi connectivity index (χ4v) is 6.17. The second kappa shape index (κ2) is 13.1. The zero-order valence-electron chi connectivity index (χ0n) is 17.6. The highest BCUT2D eigenvalue weighted by molar-refractivity contribution is 8.89. The minimum Gasteiger partial charge on any atom is -0.416 e. The molecule has 0 bridgehead atoms. The van der Waals surface area contributed by atoms with Crippen LogP contribution in [0.1, 0.15) is 13.8 Å². The van der Waals surface area contributed by atoms with Gasteiger partial charge in [0.2, 0.25) is 0 Å².